The molecule has 1 aliphatic heterocycles. The fraction of sp³-hybridized carbons (Fsp3) is 0.364. The number of fused-ring (bicyclic) bond motifs is 2. The van der Waals surface area contributed by atoms with Crippen molar-refractivity contribution in [2.24, 2.45) is 5.73 Å². The van der Waals surface area contributed by atoms with Crippen LogP contribution in [0.1, 0.15) is 35.6 Å². The molecule has 2 N–H and O–H groups in total. The standard InChI is InChI=1S/C22H22FN5.ClH/c23-17-9-10-27(13-18(17)25)22-26-19-3-1-2-4-21(19)28(22)20-8-6-15-11-14(12-24)5-7-16(15)20;/h1-5,7,11,17-18,20H,6,8-10,13,25H2;1H/t17-,18-,20-;/m1./s1. The number of nitrogens with zero attached hydrogens (tertiary/aromatic N) is 4. The van der Waals surface area contributed by atoms with Crippen LogP contribution in [-0.4, -0.2) is 34.9 Å². The van der Waals surface area contributed by atoms with Crippen molar-refractivity contribution in [1.82, 2.24) is 9.55 Å². The molecule has 150 valence electrons. The summed E-state index contributed by atoms with van der Waals surface area (Å²) in [6.45, 7) is 1.09. The zero-order valence-corrected chi connectivity index (χ0v) is 16.8. The predicted octanol–water partition coefficient (Wildman–Crippen LogP) is 3.74. The van der Waals surface area contributed by atoms with Gasteiger partial charge in [-0.15, -0.1) is 12.4 Å². The van der Waals surface area contributed by atoms with Crippen molar-refractivity contribution in [2.75, 3.05) is 18.0 Å². The molecule has 5 rings (SSSR count). The number of aryl methyl sites for hydroxylation is 1. The fourth-order valence-corrected chi connectivity index (χ4v) is 4.63. The first-order chi connectivity index (χ1) is 13.7. The van der Waals surface area contributed by atoms with Crippen LogP contribution in [0.3, 0.4) is 0 Å². The van der Waals surface area contributed by atoms with Crippen LogP contribution < -0.4 is 10.6 Å². The average molecular weight is 412 g/mol. The van der Waals surface area contributed by atoms with E-state index in [1.807, 2.05) is 30.3 Å². The predicted molar refractivity (Wildman–Crippen MR) is 114 cm³/mol. The number of anilines is 1. The lowest BCUT2D eigenvalue weighted by Gasteiger charge is -2.35. The second kappa shape index (κ2) is 7.66. The van der Waals surface area contributed by atoms with E-state index in [1.54, 1.807) is 0 Å². The maximum Gasteiger partial charge on any atom is 0.207 e. The Morgan fingerprint density at radius 1 is 1.17 bits per heavy atom. The average Bonchev–Trinajstić information content (AvgIpc) is 3.30. The third-order valence-corrected chi connectivity index (χ3v) is 6.06. The van der Waals surface area contributed by atoms with E-state index in [1.165, 1.54) is 11.1 Å². The van der Waals surface area contributed by atoms with Crippen molar-refractivity contribution in [2.45, 2.75) is 37.5 Å². The number of benzene rings is 2. The van der Waals surface area contributed by atoms with Gasteiger partial charge in [-0.1, -0.05) is 18.2 Å². The highest BCUT2D eigenvalue weighted by Crippen LogP contribution is 2.40. The van der Waals surface area contributed by atoms with Gasteiger partial charge in [0, 0.05) is 13.1 Å². The largest absolute Gasteiger partial charge is 0.340 e. The van der Waals surface area contributed by atoms with Crippen LogP contribution in [-0.2, 0) is 6.42 Å². The van der Waals surface area contributed by atoms with Crippen molar-refractivity contribution in [3.05, 3.63) is 59.2 Å². The van der Waals surface area contributed by atoms with Gasteiger partial charge in [0.05, 0.1) is 34.7 Å². The lowest BCUT2D eigenvalue weighted by atomic mass is 10.0. The second-order valence-electron chi connectivity index (χ2n) is 7.76. The monoisotopic (exact) mass is 411 g/mol. The van der Waals surface area contributed by atoms with Crippen LogP contribution in [0.5, 0.6) is 0 Å². The first-order valence-electron chi connectivity index (χ1n) is 9.80. The summed E-state index contributed by atoms with van der Waals surface area (Å²) in [5, 5.41) is 9.21. The fourth-order valence-electron chi connectivity index (χ4n) is 4.63. The molecular weight excluding hydrogens is 389 g/mol. The molecule has 5 nitrogen and oxygen atoms in total. The topological polar surface area (TPSA) is 70.9 Å². The maximum absolute atomic E-state index is 13.9. The molecule has 1 saturated heterocycles. The second-order valence-corrected chi connectivity index (χ2v) is 7.76. The van der Waals surface area contributed by atoms with E-state index in [0.717, 1.165) is 29.8 Å². The van der Waals surface area contributed by atoms with Crippen LogP contribution in [0, 0.1) is 11.3 Å². The number of imidazole rings is 1. The van der Waals surface area contributed by atoms with Crippen LogP contribution in [0.15, 0.2) is 42.5 Å². The molecule has 2 heterocycles. The van der Waals surface area contributed by atoms with Crippen molar-refractivity contribution in [3.8, 4) is 6.07 Å². The molecule has 29 heavy (non-hydrogen) atoms. The van der Waals surface area contributed by atoms with Crippen LogP contribution in [0.2, 0.25) is 0 Å². The number of nitrogens with two attached hydrogens (primary N) is 1. The molecule has 0 unspecified atom stereocenters. The molecule has 7 heteroatoms. The van der Waals surface area contributed by atoms with Gasteiger partial charge in [0.15, 0.2) is 0 Å². The molecular formula is C22H23ClFN5. The number of hydrogen-bond donors (Lipinski definition) is 1. The lowest BCUT2D eigenvalue weighted by Crippen LogP contribution is -2.50. The number of rotatable bonds is 2. The summed E-state index contributed by atoms with van der Waals surface area (Å²) >= 11 is 0. The first-order valence-corrected chi connectivity index (χ1v) is 9.80. The Labute approximate surface area is 175 Å². The summed E-state index contributed by atoms with van der Waals surface area (Å²) in [7, 11) is 0. The minimum atomic E-state index is -0.953. The molecule has 3 atom stereocenters. The number of alkyl halides is 1. The molecule has 3 aromatic rings. The van der Waals surface area contributed by atoms with E-state index in [-0.39, 0.29) is 18.4 Å². The van der Waals surface area contributed by atoms with E-state index in [0.29, 0.717) is 25.1 Å². The Balaban J connectivity index is 0.00000205. The summed E-state index contributed by atoms with van der Waals surface area (Å²) in [5.74, 6) is 0.866. The van der Waals surface area contributed by atoms with Gasteiger partial charge in [-0.05, 0) is 54.7 Å². The molecule has 1 fully saturated rings. The molecule has 0 amide bonds. The lowest BCUT2D eigenvalue weighted by molar-refractivity contribution is 0.243. The minimum Gasteiger partial charge on any atom is -0.340 e. The van der Waals surface area contributed by atoms with E-state index in [4.69, 9.17) is 10.7 Å². The van der Waals surface area contributed by atoms with Crippen molar-refractivity contribution in [3.63, 3.8) is 0 Å². The van der Waals surface area contributed by atoms with Gasteiger partial charge < -0.3 is 15.2 Å². The van der Waals surface area contributed by atoms with E-state index < -0.39 is 12.2 Å². The summed E-state index contributed by atoms with van der Waals surface area (Å²) in [6, 6.07) is 16.0. The van der Waals surface area contributed by atoms with Gasteiger partial charge in [-0.3, -0.25) is 0 Å². The summed E-state index contributed by atoms with van der Waals surface area (Å²) in [5.41, 5.74) is 11.2. The number of halogens is 2. The highest BCUT2D eigenvalue weighted by molar-refractivity contribution is 5.85. The number of nitriles is 1. The molecule has 0 bridgehead atoms. The smallest absolute Gasteiger partial charge is 0.207 e. The van der Waals surface area contributed by atoms with Crippen molar-refractivity contribution >= 4 is 29.4 Å². The Kier molecular flexibility index (Phi) is 5.20. The highest BCUT2D eigenvalue weighted by atomic mass is 35.5. The third-order valence-electron chi connectivity index (χ3n) is 6.06. The maximum atomic E-state index is 13.9. The Morgan fingerprint density at radius 3 is 2.79 bits per heavy atom. The van der Waals surface area contributed by atoms with Crippen LogP contribution >= 0.6 is 12.4 Å². The van der Waals surface area contributed by atoms with Crippen molar-refractivity contribution in [1.29, 1.82) is 5.26 Å². The number of aromatic nitrogens is 2. The number of para-hydroxylation sites is 2. The van der Waals surface area contributed by atoms with Crippen molar-refractivity contribution < 1.29 is 4.39 Å². The third kappa shape index (κ3) is 3.25. The van der Waals surface area contributed by atoms with E-state index in [9.17, 15) is 9.65 Å². The van der Waals surface area contributed by atoms with Crippen LogP contribution in [0.25, 0.3) is 11.0 Å². The van der Waals surface area contributed by atoms with Gasteiger partial charge in [0.2, 0.25) is 5.95 Å². The molecule has 0 saturated carbocycles. The zero-order chi connectivity index (χ0) is 19.3. The van der Waals surface area contributed by atoms with Gasteiger partial charge in [-0.25, -0.2) is 9.37 Å². The van der Waals surface area contributed by atoms with Gasteiger partial charge in [0.1, 0.15) is 6.17 Å². The normalized spacial score (nSPS) is 23.5. The molecule has 0 radical (unpaired) electrons. The molecule has 2 aromatic carbocycles. The highest BCUT2D eigenvalue weighted by Gasteiger charge is 2.33. The van der Waals surface area contributed by atoms with Gasteiger partial charge >= 0.3 is 0 Å². The van der Waals surface area contributed by atoms with Gasteiger partial charge in [-0.2, -0.15) is 5.26 Å². The number of piperidine rings is 1. The van der Waals surface area contributed by atoms with Crippen LogP contribution in [0.4, 0.5) is 10.3 Å². The van der Waals surface area contributed by atoms with E-state index in [2.05, 4.69) is 27.7 Å². The Bertz CT molecular complexity index is 1090. The zero-order valence-electron chi connectivity index (χ0n) is 16.0. The molecule has 1 aromatic heterocycles. The summed E-state index contributed by atoms with van der Waals surface area (Å²) < 4.78 is 16.2. The molecule has 2 aliphatic rings. The summed E-state index contributed by atoms with van der Waals surface area (Å²) in [4.78, 5) is 7.03. The first kappa shape index (κ1) is 19.7. The Morgan fingerprint density at radius 2 is 2.00 bits per heavy atom. The number of hydrogen-bond acceptors (Lipinski definition) is 4. The SMILES string of the molecule is Cl.N#Cc1ccc2c(c1)CC[C@H]2n1c(N2CC[C@@H](F)[C@H](N)C2)nc2ccccc21. The quantitative estimate of drug-likeness (QED) is 0.697. The Hall–Kier alpha value is -2.62. The van der Waals surface area contributed by atoms with E-state index >= 15 is 0 Å². The molecule has 0 spiro atoms. The minimum absolute atomic E-state index is 0. The molecule has 1 aliphatic carbocycles. The summed E-state index contributed by atoms with van der Waals surface area (Å²) in [6.07, 6.45) is 1.37. The van der Waals surface area contributed by atoms with Gasteiger partial charge in [0.25, 0.3) is 0 Å².